The zero-order valence-corrected chi connectivity index (χ0v) is 13.9. The minimum absolute atomic E-state index is 0.280. The molecule has 22 heavy (non-hydrogen) atoms. The first-order chi connectivity index (χ1) is 10.7. The molecule has 0 fully saturated rings. The molecule has 0 unspecified atom stereocenters. The Hall–Kier alpha value is -1.26. The molecule has 0 atom stereocenters. The molecule has 0 radical (unpaired) electrons. The third-order valence-corrected chi connectivity index (χ3v) is 4.04. The fraction of sp³-hybridized carbons (Fsp3) is 0.667. The average Bonchev–Trinajstić information content (AvgIpc) is 2.52. The van der Waals surface area contributed by atoms with Crippen LogP contribution in [0.4, 0.5) is 11.4 Å². The van der Waals surface area contributed by atoms with Crippen LogP contribution in [-0.4, -0.2) is 36.5 Å². The lowest BCUT2D eigenvalue weighted by atomic mass is 10.1. The maximum absolute atomic E-state index is 8.89. The molecular weight excluding hydrogens is 276 g/mol. The van der Waals surface area contributed by atoms with Crippen molar-refractivity contribution >= 4 is 11.4 Å². The summed E-state index contributed by atoms with van der Waals surface area (Å²) in [5.74, 6) is 0. The molecule has 0 aliphatic rings. The molecule has 0 aliphatic carbocycles. The molecule has 0 aromatic heterocycles. The smallest absolute Gasteiger partial charge is 0.0431 e. The van der Waals surface area contributed by atoms with Crippen molar-refractivity contribution in [1.82, 2.24) is 0 Å². The summed E-state index contributed by atoms with van der Waals surface area (Å²) in [7, 11) is 0. The molecule has 4 N–H and O–H groups in total. The lowest BCUT2D eigenvalue weighted by molar-refractivity contribution is 0.282. The summed E-state index contributed by atoms with van der Waals surface area (Å²) in [5.41, 5.74) is 9.11. The topological polar surface area (TPSA) is 69.7 Å². The second kappa shape index (κ2) is 11.3. The Balaban J connectivity index is 2.54. The highest BCUT2D eigenvalue weighted by atomic mass is 16.3. The van der Waals surface area contributed by atoms with E-state index in [-0.39, 0.29) is 6.61 Å². The monoisotopic (exact) mass is 308 g/mol. The number of aliphatic hydroxyl groups excluding tert-OH is 2. The largest absolute Gasteiger partial charge is 0.399 e. The van der Waals surface area contributed by atoms with E-state index in [2.05, 4.69) is 17.0 Å². The number of hydrogen-bond acceptors (Lipinski definition) is 4. The van der Waals surface area contributed by atoms with Gasteiger partial charge in [0.2, 0.25) is 0 Å². The van der Waals surface area contributed by atoms with Gasteiger partial charge in [0.25, 0.3) is 0 Å². The number of benzene rings is 1. The molecule has 0 bridgehead atoms. The Labute approximate surface area is 134 Å². The van der Waals surface area contributed by atoms with Gasteiger partial charge in [-0.25, -0.2) is 0 Å². The van der Waals surface area contributed by atoms with Crippen LogP contribution in [0.2, 0.25) is 0 Å². The lowest BCUT2D eigenvalue weighted by Gasteiger charge is -2.25. The van der Waals surface area contributed by atoms with Gasteiger partial charge >= 0.3 is 0 Å². The van der Waals surface area contributed by atoms with Gasteiger partial charge in [0.05, 0.1) is 0 Å². The van der Waals surface area contributed by atoms with E-state index in [1.54, 1.807) is 0 Å². The fourth-order valence-electron chi connectivity index (χ4n) is 2.59. The summed E-state index contributed by atoms with van der Waals surface area (Å²) in [6.45, 7) is 4.67. The molecule has 0 heterocycles. The second-order valence-corrected chi connectivity index (χ2v) is 5.95. The molecular formula is C18H32N2O2. The summed E-state index contributed by atoms with van der Waals surface area (Å²) in [6, 6.07) is 6.24. The van der Waals surface area contributed by atoms with Gasteiger partial charge in [0.15, 0.2) is 0 Å². The van der Waals surface area contributed by atoms with Gasteiger partial charge in [0, 0.05) is 37.7 Å². The fourth-order valence-corrected chi connectivity index (χ4v) is 2.59. The molecule has 4 heteroatoms. The summed E-state index contributed by atoms with van der Waals surface area (Å²) >= 11 is 0. The van der Waals surface area contributed by atoms with Crippen molar-refractivity contribution in [3.63, 3.8) is 0 Å². The summed E-state index contributed by atoms with van der Waals surface area (Å²) in [4.78, 5) is 2.42. The molecule has 126 valence electrons. The number of aliphatic hydroxyl groups is 2. The zero-order valence-electron chi connectivity index (χ0n) is 13.9. The number of rotatable bonds is 12. The number of nitrogen functional groups attached to an aromatic ring is 1. The van der Waals surface area contributed by atoms with E-state index in [1.807, 2.05) is 13.0 Å². The Kier molecular flexibility index (Phi) is 9.67. The number of nitrogens with two attached hydrogens (primary N) is 1. The highest BCUT2D eigenvalue weighted by Crippen LogP contribution is 2.22. The van der Waals surface area contributed by atoms with Crippen LogP contribution >= 0.6 is 0 Å². The Bertz CT molecular complexity index is 410. The molecule has 1 aromatic carbocycles. The van der Waals surface area contributed by atoms with E-state index in [9.17, 15) is 0 Å². The minimum Gasteiger partial charge on any atom is -0.399 e. The van der Waals surface area contributed by atoms with E-state index in [0.29, 0.717) is 6.61 Å². The summed E-state index contributed by atoms with van der Waals surface area (Å²) < 4.78 is 0. The first-order valence-electron chi connectivity index (χ1n) is 8.52. The number of hydrogen-bond donors (Lipinski definition) is 3. The predicted octanol–water partition coefficient (Wildman–Crippen LogP) is 3.10. The van der Waals surface area contributed by atoms with Crippen LogP contribution in [0.3, 0.4) is 0 Å². The van der Waals surface area contributed by atoms with E-state index in [1.165, 1.54) is 5.69 Å². The maximum Gasteiger partial charge on any atom is 0.0431 e. The van der Waals surface area contributed by atoms with Crippen LogP contribution < -0.4 is 10.6 Å². The molecule has 0 saturated heterocycles. The standard InChI is InChI=1S/C18H32N2O2/c1-16-15-17(9-10-18(16)19)20(12-6-4-8-14-22)11-5-2-3-7-13-21/h9-10,15,21-22H,2-8,11-14,19H2,1H3. The minimum atomic E-state index is 0.280. The first kappa shape index (κ1) is 18.8. The summed E-state index contributed by atoms with van der Waals surface area (Å²) in [5, 5.41) is 17.7. The van der Waals surface area contributed by atoms with Crippen molar-refractivity contribution in [2.75, 3.05) is 36.9 Å². The van der Waals surface area contributed by atoms with Crippen LogP contribution in [-0.2, 0) is 0 Å². The normalized spacial score (nSPS) is 10.9. The molecule has 1 rings (SSSR count). The van der Waals surface area contributed by atoms with Gasteiger partial charge in [-0.1, -0.05) is 12.8 Å². The van der Waals surface area contributed by atoms with E-state index in [0.717, 1.165) is 69.3 Å². The Morgan fingerprint density at radius 1 is 0.864 bits per heavy atom. The predicted molar refractivity (Wildman–Crippen MR) is 94.3 cm³/mol. The van der Waals surface area contributed by atoms with Crippen molar-refractivity contribution < 1.29 is 10.2 Å². The zero-order chi connectivity index (χ0) is 16.2. The first-order valence-corrected chi connectivity index (χ1v) is 8.52. The number of aryl methyl sites for hydroxylation is 1. The SMILES string of the molecule is Cc1cc(N(CCCCCO)CCCCCCO)ccc1N. The molecule has 0 aliphatic heterocycles. The van der Waals surface area contributed by atoms with E-state index >= 15 is 0 Å². The van der Waals surface area contributed by atoms with Crippen molar-refractivity contribution in [3.05, 3.63) is 23.8 Å². The van der Waals surface area contributed by atoms with Gasteiger partial charge in [0.1, 0.15) is 0 Å². The van der Waals surface area contributed by atoms with Crippen LogP contribution in [0.15, 0.2) is 18.2 Å². The number of nitrogens with zero attached hydrogens (tertiary/aromatic N) is 1. The van der Waals surface area contributed by atoms with Crippen LogP contribution in [0.25, 0.3) is 0 Å². The molecule has 4 nitrogen and oxygen atoms in total. The van der Waals surface area contributed by atoms with Gasteiger partial charge in [-0.3, -0.25) is 0 Å². The maximum atomic E-state index is 8.89. The molecule has 1 aromatic rings. The van der Waals surface area contributed by atoms with Crippen LogP contribution in [0, 0.1) is 6.92 Å². The van der Waals surface area contributed by atoms with Gasteiger partial charge < -0.3 is 20.8 Å². The lowest BCUT2D eigenvalue weighted by Crippen LogP contribution is -2.26. The second-order valence-electron chi connectivity index (χ2n) is 5.95. The molecule has 0 spiro atoms. The number of unbranched alkanes of at least 4 members (excludes halogenated alkanes) is 5. The summed E-state index contributed by atoms with van der Waals surface area (Å²) in [6.07, 6.45) is 7.33. The van der Waals surface area contributed by atoms with E-state index < -0.39 is 0 Å². The van der Waals surface area contributed by atoms with Crippen molar-refractivity contribution in [3.8, 4) is 0 Å². The number of anilines is 2. The Morgan fingerprint density at radius 3 is 1.95 bits per heavy atom. The highest BCUT2D eigenvalue weighted by molar-refractivity contribution is 5.58. The van der Waals surface area contributed by atoms with Gasteiger partial charge in [-0.2, -0.15) is 0 Å². The average molecular weight is 308 g/mol. The molecule has 0 amide bonds. The third kappa shape index (κ3) is 7.14. The van der Waals surface area contributed by atoms with E-state index in [4.69, 9.17) is 15.9 Å². The van der Waals surface area contributed by atoms with Crippen LogP contribution in [0.1, 0.15) is 50.5 Å². The van der Waals surface area contributed by atoms with Crippen molar-refractivity contribution in [2.45, 2.75) is 51.9 Å². The van der Waals surface area contributed by atoms with Gasteiger partial charge in [-0.15, -0.1) is 0 Å². The van der Waals surface area contributed by atoms with Crippen molar-refractivity contribution in [1.29, 1.82) is 0 Å². The quantitative estimate of drug-likeness (QED) is 0.410. The molecule has 0 saturated carbocycles. The highest BCUT2D eigenvalue weighted by Gasteiger charge is 2.07. The van der Waals surface area contributed by atoms with Crippen molar-refractivity contribution in [2.24, 2.45) is 0 Å². The van der Waals surface area contributed by atoms with Crippen LogP contribution in [0.5, 0.6) is 0 Å². The Morgan fingerprint density at radius 2 is 1.41 bits per heavy atom. The van der Waals surface area contributed by atoms with Gasteiger partial charge in [-0.05, 0) is 62.8 Å². The third-order valence-electron chi connectivity index (χ3n) is 4.04.